The number of amides is 1. The summed E-state index contributed by atoms with van der Waals surface area (Å²) in [6, 6.07) is 10.8. The number of nitrogens with one attached hydrogen (secondary N) is 1. The van der Waals surface area contributed by atoms with Gasteiger partial charge in [0, 0.05) is 16.4 Å². The van der Waals surface area contributed by atoms with Crippen molar-refractivity contribution in [2.24, 2.45) is 0 Å². The molecule has 5 heteroatoms. The van der Waals surface area contributed by atoms with E-state index in [2.05, 4.69) is 4.98 Å². The van der Waals surface area contributed by atoms with Gasteiger partial charge in [-0.3, -0.25) is 4.90 Å². The average Bonchev–Trinajstić information content (AvgIpc) is 2.78. The molecule has 0 atom stereocenters. The van der Waals surface area contributed by atoms with Crippen molar-refractivity contribution < 1.29 is 15.0 Å². The topological polar surface area (TPSA) is 76.6 Å². The summed E-state index contributed by atoms with van der Waals surface area (Å²) in [4.78, 5) is 16.4. The van der Waals surface area contributed by atoms with Gasteiger partial charge in [0.2, 0.25) is 0 Å². The molecule has 0 saturated heterocycles. The molecule has 1 aromatic carbocycles. The van der Waals surface area contributed by atoms with Gasteiger partial charge in [-0.15, -0.1) is 0 Å². The minimum atomic E-state index is -1.05. The number of benzene rings is 1. The molecule has 1 heterocycles. The summed E-state index contributed by atoms with van der Waals surface area (Å²) in [5.74, 6) is 0.0718. The number of hydrogen-bond acceptors (Lipinski definition) is 2. The zero-order chi connectivity index (χ0) is 16.1. The van der Waals surface area contributed by atoms with Crippen LogP contribution in [0.2, 0.25) is 0 Å². The standard InChI is InChI=1S/C17H18N2O3/c1-17(2,3)19(16(21)22)15-10-6-4-5-7-11(10)18-12-8-9-13(20)14(12)15/h4-9,18,20H,1-3H3,(H,21,22). The molecule has 5 nitrogen and oxygen atoms in total. The van der Waals surface area contributed by atoms with Crippen LogP contribution in [0.5, 0.6) is 5.75 Å². The van der Waals surface area contributed by atoms with Gasteiger partial charge >= 0.3 is 6.09 Å². The van der Waals surface area contributed by atoms with Gasteiger partial charge in [-0.1, -0.05) is 18.2 Å². The summed E-state index contributed by atoms with van der Waals surface area (Å²) < 4.78 is 0. The summed E-state index contributed by atoms with van der Waals surface area (Å²) in [5, 5.41) is 20.7. The fourth-order valence-corrected chi connectivity index (χ4v) is 2.85. The zero-order valence-corrected chi connectivity index (χ0v) is 12.7. The van der Waals surface area contributed by atoms with Crippen molar-refractivity contribution in [1.29, 1.82) is 0 Å². The SMILES string of the molecule is CC(C)(C)N(C(=O)O)c1c2c(O)ccc-2[nH]c2ccccc12. The van der Waals surface area contributed by atoms with Crippen molar-refractivity contribution in [3.05, 3.63) is 36.4 Å². The Kier molecular flexibility index (Phi) is 3.02. The maximum Gasteiger partial charge on any atom is 0.412 e. The van der Waals surface area contributed by atoms with E-state index >= 15 is 0 Å². The first-order chi connectivity index (χ1) is 10.3. The van der Waals surface area contributed by atoms with Gasteiger partial charge in [0.1, 0.15) is 5.75 Å². The molecule has 3 rings (SSSR count). The van der Waals surface area contributed by atoms with Gasteiger partial charge in [-0.05, 0) is 39.0 Å². The van der Waals surface area contributed by atoms with E-state index in [4.69, 9.17) is 0 Å². The number of para-hydroxylation sites is 1. The van der Waals surface area contributed by atoms with Crippen LogP contribution in [0.1, 0.15) is 20.8 Å². The van der Waals surface area contributed by atoms with Crippen molar-refractivity contribution in [3.8, 4) is 17.0 Å². The number of hydrogen-bond donors (Lipinski definition) is 3. The highest BCUT2D eigenvalue weighted by molar-refractivity contribution is 6.09. The molecule has 1 aliphatic heterocycles. The molecule has 2 aliphatic rings. The molecule has 0 saturated carbocycles. The van der Waals surface area contributed by atoms with Crippen molar-refractivity contribution in [2.45, 2.75) is 26.3 Å². The molecule has 0 radical (unpaired) electrons. The van der Waals surface area contributed by atoms with E-state index < -0.39 is 11.6 Å². The van der Waals surface area contributed by atoms with Crippen LogP contribution in [0.25, 0.3) is 22.2 Å². The van der Waals surface area contributed by atoms with Crippen LogP contribution in [0.15, 0.2) is 36.4 Å². The molecule has 0 spiro atoms. The molecule has 1 amide bonds. The number of nitrogens with zero attached hydrogens (tertiary/aromatic N) is 1. The Labute approximate surface area is 128 Å². The molecule has 1 aromatic rings. The third kappa shape index (κ3) is 2.06. The molecule has 0 bridgehead atoms. The predicted octanol–water partition coefficient (Wildman–Crippen LogP) is 4.26. The van der Waals surface area contributed by atoms with Gasteiger partial charge in [0.15, 0.2) is 0 Å². The number of rotatable bonds is 1. The van der Waals surface area contributed by atoms with Crippen molar-refractivity contribution >= 4 is 22.7 Å². The largest absolute Gasteiger partial charge is 0.507 e. The normalized spacial score (nSPS) is 12.0. The highest BCUT2D eigenvalue weighted by Crippen LogP contribution is 2.46. The maximum absolute atomic E-state index is 11.9. The van der Waals surface area contributed by atoms with Crippen LogP contribution in [-0.2, 0) is 0 Å². The second-order valence-corrected chi connectivity index (χ2v) is 6.32. The smallest absolute Gasteiger partial charge is 0.412 e. The molecular formula is C17H18N2O3. The lowest BCUT2D eigenvalue weighted by Gasteiger charge is -2.35. The monoisotopic (exact) mass is 298 g/mol. The fourth-order valence-electron chi connectivity index (χ4n) is 2.85. The zero-order valence-electron chi connectivity index (χ0n) is 12.7. The Bertz CT molecular complexity index is 830. The van der Waals surface area contributed by atoms with Crippen LogP contribution in [0, 0.1) is 0 Å². The average molecular weight is 298 g/mol. The number of H-pyrrole nitrogens is 1. The summed E-state index contributed by atoms with van der Waals surface area (Å²) in [7, 11) is 0. The van der Waals surface area contributed by atoms with E-state index in [-0.39, 0.29) is 5.75 Å². The molecule has 0 fully saturated rings. The second kappa shape index (κ2) is 4.66. The minimum absolute atomic E-state index is 0.0718. The molecule has 114 valence electrons. The number of aromatic hydroxyl groups is 1. The van der Waals surface area contributed by atoms with Crippen molar-refractivity contribution in [1.82, 2.24) is 4.98 Å². The van der Waals surface area contributed by atoms with E-state index in [1.165, 1.54) is 4.90 Å². The summed E-state index contributed by atoms with van der Waals surface area (Å²) in [6.07, 6.45) is -1.05. The number of carboxylic acid groups (broad SMARTS) is 1. The van der Waals surface area contributed by atoms with Gasteiger partial charge < -0.3 is 15.2 Å². The first kappa shape index (κ1) is 14.3. The molecular weight excluding hydrogens is 280 g/mol. The minimum Gasteiger partial charge on any atom is -0.507 e. The quantitative estimate of drug-likeness (QED) is 0.628. The predicted molar refractivity (Wildman–Crippen MR) is 86.8 cm³/mol. The van der Waals surface area contributed by atoms with Crippen LogP contribution >= 0.6 is 0 Å². The van der Waals surface area contributed by atoms with Gasteiger partial charge in [-0.25, -0.2) is 4.79 Å². The van der Waals surface area contributed by atoms with Gasteiger partial charge in [-0.2, -0.15) is 0 Å². The lowest BCUT2D eigenvalue weighted by Crippen LogP contribution is -2.45. The van der Waals surface area contributed by atoms with Crippen molar-refractivity contribution in [2.75, 3.05) is 4.90 Å². The second-order valence-electron chi connectivity index (χ2n) is 6.32. The molecule has 22 heavy (non-hydrogen) atoms. The number of pyridine rings is 1. The highest BCUT2D eigenvalue weighted by Gasteiger charge is 2.33. The van der Waals surface area contributed by atoms with E-state index in [1.54, 1.807) is 12.1 Å². The van der Waals surface area contributed by atoms with Crippen LogP contribution < -0.4 is 4.90 Å². The highest BCUT2D eigenvalue weighted by atomic mass is 16.4. The van der Waals surface area contributed by atoms with Gasteiger partial charge in [0.05, 0.1) is 16.9 Å². The van der Waals surface area contributed by atoms with Crippen LogP contribution in [0.3, 0.4) is 0 Å². The number of aromatic amines is 1. The third-order valence-electron chi connectivity index (χ3n) is 3.71. The third-order valence-corrected chi connectivity index (χ3v) is 3.71. The number of aromatic nitrogens is 1. The fraction of sp³-hybridized carbons (Fsp3) is 0.235. The van der Waals surface area contributed by atoms with E-state index in [1.807, 2.05) is 45.0 Å². The van der Waals surface area contributed by atoms with Crippen molar-refractivity contribution in [3.63, 3.8) is 0 Å². The van der Waals surface area contributed by atoms with E-state index in [9.17, 15) is 15.0 Å². The summed E-state index contributed by atoms with van der Waals surface area (Å²) in [5.41, 5.74) is 1.92. The van der Waals surface area contributed by atoms with E-state index in [0.717, 1.165) is 10.9 Å². The Morgan fingerprint density at radius 1 is 1.14 bits per heavy atom. The Balaban J connectivity index is 2.48. The Morgan fingerprint density at radius 2 is 1.82 bits per heavy atom. The molecule has 0 unspecified atom stereocenters. The molecule has 1 aliphatic carbocycles. The first-order valence-corrected chi connectivity index (χ1v) is 7.06. The number of fused-ring (bicyclic) bond motifs is 2. The van der Waals surface area contributed by atoms with Crippen LogP contribution in [-0.4, -0.2) is 26.8 Å². The van der Waals surface area contributed by atoms with Crippen LogP contribution in [0.4, 0.5) is 10.5 Å². The van der Waals surface area contributed by atoms with Gasteiger partial charge in [0.25, 0.3) is 0 Å². The Morgan fingerprint density at radius 3 is 2.45 bits per heavy atom. The lowest BCUT2D eigenvalue weighted by molar-refractivity contribution is 0.196. The number of anilines is 1. The summed E-state index contributed by atoms with van der Waals surface area (Å²) >= 11 is 0. The molecule has 3 N–H and O–H groups in total. The summed E-state index contributed by atoms with van der Waals surface area (Å²) in [6.45, 7) is 5.50. The molecule has 0 aromatic heterocycles. The van der Waals surface area contributed by atoms with E-state index in [0.29, 0.717) is 16.9 Å². The lowest BCUT2D eigenvalue weighted by atomic mass is 9.99. The number of carbonyl (C=O) groups is 1. The maximum atomic E-state index is 11.9. The first-order valence-electron chi connectivity index (χ1n) is 7.06. The Hall–Kier alpha value is -2.69.